The minimum absolute atomic E-state index is 0.115. The van der Waals surface area contributed by atoms with Crippen molar-refractivity contribution in [2.45, 2.75) is 113 Å². The van der Waals surface area contributed by atoms with Gasteiger partial charge in [-0.15, -0.1) is 11.3 Å². The second-order valence-corrected chi connectivity index (χ2v) is 20.8. The molecule has 5 aromatic rings. The van der Waals surface area contributed by atoms with Crippen LogP contribution < -0.4 is 16.0 Å². The quantitative estimate of drug-likeness (QED) is 0.0250. The molecule has 0 bridgehead atoms. The van der Waals surface area contributed by atoms with Crippen molar-refractivity contribution in [2.24, 2.45) is 5.41 Å². The van der Waals surface area contributed by atoms with Crippen LogP contribution in [-0.2, 0) is 49.5 Å². The molecular formula is C61H86N8O10S. The summed E-state index contributed by atoms with van der Waals surface area (Å²) in [6, 6.07) is 23.3. The third kappa shape index (κ3) is 21.8. The number of aromatic nitrogens is 3. The molecule has 2 aliphatic heterocycles. The second kappa shape index (κ2) is 35.9. The van der Waals surface area contributed by atoms with Crippen molar-refractivity contribution in [3.05, 3.63) is 119 Å². The standard InChI is InChI=1S/C36H48N4O6.C12H12N2OS.C11H20N2O3.C2H6/c1-4-43-20-21-45-24-25-46-23-22-44-19-17-37-36(42)33-12-8-9-18-39(33)34(41)16-15-31-27-40(32-10-6-5-7-11-32)38-35(31)30-14-13-28(2)29(3)26-30;1-9-12(16-8-14-9)11-4-2-10(3-5-11)6-13-7-15;1-11(2,3)9(12-7-14)10(16)13-5-4-8(15)6-13;1-2/h5-7,10-11,13-16,26-27,33H,4,8-9,12,17-25H2,1-3H3,(H,37,42);2-5,7-8H,6H2,1H3,(H,13,15);7-9,15H,4-6H2,1-3H3,(H,12,14);1-2H3/b16-15+;;;. The lowest BCUT2D eigenvalue weighted by atomic mass is 9.86. The van der Waals surface area contributed by atoms with Crippen molar-refractivity contribution in [3.63, 3.8) is 0 Å². The first-order valence-corrected chi connectivity index (χ1v) is 28.7. The molecule has 7 rings (SSSR count). The Morgan fingerprint density at radius 1 is 0.812 bits per heavy atom. The smallest absolute Gasteiger partial charge is 0.247 e. The van der Waals surface area contributed by atoms with Crippen LogP contribution in [0.4, 0.5) is 0 Å². The van der Waals surface area contributed by atoms with E-state index in [0.717, 1.165) is 46.6 Å². The average molecular weight is 1120 g/mol. The van der Waals surface area contributed by atoms with Gasteiger partial charge in [0.1, 0.15) is 12.1 Å². The van der Waals surface area contributed by atoms with Gasteiger partial charge in [-0.1, -0.05) is 89.2 Å². The van der Waals surface area contributed by atoms with E-state index in [9.17, 15) is 29.1 Å². The van der Waals surface area contributed by atoms with Crippen molar-refractivity contribution in [1.82, 2.24) is 40.5 Å². The second-order valence-electron chi connectivity index (χ2n) is 20.0. The molecule has 0 saturated carbocycles. The fraction of sp³-hybridized carbons (Fsp3) is 0.492. The van der Waals surface area contributed by atoms with Crippen molar-refractivity contribution in [3.8, 4) is 27.4 Å². The number of aliphatic hydroxyl groups is 1. The molecule has 2 saturated heterocycles. The Bertz CT molecular complexity index is 2650. The summed E-state index contributed by atoms with van der Waals surface area (Å²) in [6.07, 6.45) is 9.16. The van der Waals surface area contributed by atoms with Gasteiger partial charge in [0.05, 0.1) is 79.8 Å². The lowest BCUT2D eigenvalue weighted by molar-refractivity contribution is -0.138. The summed E-state index contributed by atoms with van der Waals surface area (Å²) >= 11 is 1.64. The van der Waals surface area contributed by atoms with Crippen molar-refractivity contribution >= 4 is 48.0 Å². The summed E-state index contributed by atoms with van der Waals surface area (Å²) in [5, 5.41) is 22.4. The summed E-state index contributed by atoms with van der Waals surface area (Å²) in [6.45, 7) is 24.3. The highest BCUT2D eigenvalue weighted by Gasteiger charge is 2.36. The number of aryl methyl sites for hydroxylation is 3. The molecule has 0 aliphatic carbocycles. The van der Waals surface area contributed by atoms with Gasteiger partial charge in [-0.2, -0.15) is 5.10 Å². The highest BCUT2D eigenvalue weighted by Crippen LogP contribution is 2.29. The van der Waals surface area contributed by atoms with E-state index in [0.29, 0.717) is 111 Å². The molecule has 2 aliphatic rings. The maximum Gasteiger partial charge on any atom is 0.247 e. The molecule has 4 N–H and O–H groups in total. The average Bonchev–Trinajstić information content (AvgIpc) is 4.29. The number of para-hydroxylation sites is 1. The van der Waals surface area contributed by atoms with Crippen LogP contribution in [0.1, 0.15) is 95.2 Å². The molecule has 2 aromatic heterocycles. The Kier molecular flexibility index (Phi) is 29.6. The number of hydrogen-bond donors (Lipinski definition) is 4. The van der Waals surface area contributed by atoms with E-state index in [1.165, 1.54) is 21.6 Å². The first kappa shape index (κ1) is 65.9. The third-order valence-electron chi connectivity index (χ3n) is 13.1. The molecule has 19 heteroatoms. The molecule has 3 aromatic carbocycles. The maximum absolute atomic E-state index is 13.5. The molecule has 0 radical (unpaired) electrons. The molecular weight excluding hydrogens is 1040 g/mol. The van der Waals surface area contributed by atoms with Crippen LogP contribution in [0.3, 0.4) is 0 Å². The SMILES string of the molecule is CC.CC(C)(C)C(NC=O)C(=O)N1CCC(O)C1.CCOCCOCCOCCOCCNC(=O)C1CCCCN1C(=O)/C=C/c1cn(-c2ccccc2)nc1-c1ccc(C)c(C)c1.Cc1ncsc1-c1ccc(CNC=O)cc1. The minimum atomic E-state index is -0.532. The fourth-order valence-corrected chi connectivity index (χ4v) is 9.44. The summed E-state index contributed by atoms with van der Waals surface area (Å²) in [5.41, 5.74) is 10.8. The highest BCUT2D eigenvalue weighted by atomic mass is 32.1. The molecule has 80 heavy (non-hydrogen) atoms. The summed E-state index contributed by atoms with van der Waals surface area (Å²) in [5.74, 6) is -0.456. The number of thiazole rings is 1. The topological polar surface area (TPSA) is 216 Å². The zero-order chi connectivity index (χ0) is 58.3. The van der Waals surface area contributed by atoms with Gasteiger partial charge in [0.2, 0.25) is 30.5 Å². The molecule has 3 unspecified atom stereocenters. The molecule has 18 nitrogen and oxygen atoms in total. The summed E-state index contributed by atoms with van der Waals surface area (Å²) in [4.78, 5) is 68.1. The van der Waals surface area contributed by atoms with Gasteiger partial charge in [-0.05, 0) is 105 Å². The number of benzene rings is 3. The number of carbonyl (C=O) groups is 5. The Morgan fingerprint density at radius 3 is 2.06 bits per heavy atom. The van der Waals surface area contributed by atoms with E-state index in [4.69, 9.17) is 24.0 Å². The van der Waals surface area contributed by atoms with Crippen LogP contribution in [0, 0.1) is 26.2 Å². The van der Waals surface area contributed by atoms with E-state index in [1.807, 2.05) is 113 Å². The number of amides is 5. The number of hydrogen-bond acceptors (Lipinski definition) is 13. The number of carbonyl (C=O) groups excluding carboxylic acids is 5. The summed E-state index contributed by atoms with van der Waals surface area (Å²) < 4.78 is 23.5. The van der Waals surface area contributed by atoms with Gasteiger partial charge in [0.15, 0.2) is 0 Å². The van der Waals surface area contributed by atoms with Gasteiger partial charge < -0.3 is 49.8 Å². The van der Waals surface area contributed by atoms with Gasteiger partial charge in [-0.3, -0.25) is 24.0 Å². The molecule has 0 spiro atoms. The number of likely N-dealkylation sites (tertiary alicyclic amines) is 2. The van der Waals surface area contributed by atoms with Crippen LogP contribution in [0.15, 0.2) is 90.6 Å². The number of ether oxygens (including phenoxy) is 4. The number of rotatable bonds is 25. The lowest BCUT2D eigenvalue weighted by Crippen LogP contribution is -2.52. The monoisotopic (exact) mass is 1120 g/mol. The number of piperidine rings is 1. The first-order chi connectivity index (χ1) is 38.6. The van der Waals surface area contributed by atoms with E-state index < -0.39 is 18.2 Å². The van der Waals surface area contributed by atoms with Gasteiger partial charge in [0, 0.05) is 62.7 Å². The zero-order valence-corrected chi connectivity index (χ0v) is 49.2. The van der Waals surface area contributed by atoms with Crippen LogP contribution in [-0.4, -0.2) is 157 Å². The molecule has 4 heterocycles. The minimum Gasteiger partial charge on any atom is -0.391 e. The number of aliphatic hydroxyl groups excluding tert-OH is 1. The molecule has 5 amide bonds. The predicted octanol–water partition coefficient (Wildman–Crippen LogP) is 7.88. The molecule has 436 valence electrons. The fourth-order valence-electron chi connectivity index (χ4n) is 8.63. The van der Waals surface area contributed by atoms with Crippen molar-refractivity contribution < 1.29 is 48.0 Å². The van der Waals surface area contributed by atoms with Crippen LogP contribution in [0.5, 0.6) is 0 Å². The normalized spacial score (nSPS) is 15.3. The van der Waals surface area contributed by atoms with Gasteiger partial charge >= 0.3 is 0 Å². The van der Waals surface area contributed by atoms with Gasteiger partial charge in [0.25, 0.3) is 0 Å². The largest absolute Gasteiger partial charge is 0.391 e. The van der Waals surface area contributed by atoms with E-state index in [2.05, 4.69) is 65.1 Å². The Hall–Kier alpha value is -6.61. The zero-order valence-electron chi connectivity index (χ0n) is 48.4. The Balaban J connectivity index is 0.000000327. The Labute approximate surface area is 477 Å². The predicted molar refractivity (Wildman–Crippen MR) is 315 cm³/mol. The number of nitrogens with zero attached hydrogens (tertiary/aromatic N) is 5. The number of nitrogens with one attached hydrogen (secondary N) is 3. The highest BCUT2D eigenvalue weighted by molar-refractivity contribution is 7.13. The van der Waals surface area contributed by atoms with Crippen LogP contribution in [0.25, 0.3) is 33.5 Å². The third-order valence-corrected chi connectivity index (χ3v) is 14.1. The van der Waals surface area contributed by atoms with E-state index >= 15 is 0 Å². The maximum atomic E-state index is 13.5. The summed E-state index contributed by atoms with van der Waals surface area (Å²) in [7, 11) is 0. The number of β-amino-alcohol motifs (C(OH)–C–C–N with tert-alkyl or cyclic N) is 1. The lowest BCUT2D eigenvalue weighted by Gasteiger charge is -2.34. The van der Waals surface area contributed by atoms with Crippen LogP contribution in [0.2, 0.25) is 0 Å². The molecule has 3 atom stereocenters. The van der Waals surface area contributed by atoms with Crippen LogP contribution >= 0.6 is 11.3 Å². The van der Waals surface area contributed by atoms with Crippen molar-refractivity contribution in [2.75, 3.05) is 79.0 Å². The van der Waals surface area contributed by atoms with Gasteiger partial charge in [-0.25, -0.2) is 9.67 Å². The Morgan fingerprint density at radius 2 is 1.48 bits per heavy atom. The van der Waals surface area contributed by atoms with Crippen molar-refractivity contribution in [1.29, 1.82) is 0 Å². The van der Waals surface area contributed by atoms with E-state index in [-0.39, 0.29) is 23.1 Å². The van der Waals surface area contributed by atoms with E-state index in [1.54, 1.807) is 27.2 Å². The molecule has 2 fully saturated rings. The first-order valence-electron chi connectivity index (χ1n) is 27.8.